The standard InChI is InChI=1S/C11H22N4O/c1-7(2)9(6-16-5)13-11-10(12)8(3)14-15(11)4/h7,9,13H,6,12H2,1-5H3. The second-order valence-electron chi connectivity index (χ2n) is 4.42. The monoisotopic (exact) mass is 226 g/mol. The van der Waals surface area contributed by atoms with Gasteiger partial charge < -0.3 is 15.8 Å². The van der Waals surface area contributed by atoms with Crippen LogP contribution >= 0.6 is 0 Å². The molecule has 0 spiro atoms. The second kappa shape index (κ2) is 5.21. The number of nitrogen functional groups attached to an aromatic ring is 1. The van der Waals surface area contributed by atoms with E-state index in [0.717, 1.165) is 11.5 Å². The maximum atomic E-state index is 5.96. The van der Waals surface area contributed by atoms with Crippen LogP contribution in [0.5, 0.6) is 0 Å². The molecule has 0 bridgehead atoms. The molecule has 0 amide bonds. The number of methoxy groups -OCH3 is 1. The van der Waals surface area contributed by atoms with Gasteiger partial charge in [-0.3, -0.25) is 4.68 Å². The molecule has 1 atom stereocenters. The van der Waals surface area contributed by atoms with Crippen LogP contribution in [0.4, 0.5) is 11.5 Å². The predicted octanol–water partition coefficient (Wildman–Crippen LogP) is 1.39. The van der Waals surface area contributed by atoms with Crippen LogP contribution in [0, 0.1) is 12.8 Å². The highest BCUT2D eigenvalue weighted by molar-refractivity contribution is 5.65. The molecular formula is C11H22N4O. The summed E-state index contributed by atoms with van der Waals surface area (Å²) < 4.78 is 6.96. The van der Waals surface area contributed by atoms with Gasteiger partial charge in [0.25, 0.3) is 0 Å². The average molecular weight is 226 g/mol. The Labute approximate surface area is 97.0 Å². The average Bonchev–Trinajstić information content (AvgIpc) is 2.43. The van der Waals surface area contributed by atoms with E-state index in [-0.39, 0.29) is 6.04 Å². The molecule has 0 aromatic carbocycles. The SMILES string of the molecule is COCC(Nc1c(N)c(C)nn1C)C(C)C. The molecule has 1 rings (SSSR count). The van der Waals surface area contributed by atoms with Gasteiger partial charge in [0.05, 0.1) is 24.0 Å². The maximum Gasteiger partial charge on any atom is 0.148 e. The Morgan fingerprint density at radius 3 is 2.50 bits per heavy atom. The van der Waals surface area contributed by atoms with Crippen LogP contribution < -0.4 is 11.1 Å². The molecule has 0 saturated carbocycles. The van der Waals surface area contributed by atoms with Crippen molar-refractivity contribution in [1.29, 1.82) is 0 Å². The molecule has 16 heavy (non-hydrogen) atoms. The number of aromatic nitrogens is 2. The number of hydrogen-bond acceptors (Lipinski definition) is 4. The van der Waals surface area contributed by atoms with Crippen molar-refractivity contribution in [2.24, 2.45) is 13.0 Å². The zero-order valence-corrected chi connectivity index (χ0v) is 10.7. The Hall–Kier alpha value is -1.23. The summed E-state index contributed by atoms with van der Waals surface area (Å²) in [5, 5.41) is 7.66. The molecule has 1 heterocycles. The summed E-state index contributed by atoms with van der Waals surface area (Å²) in [5.74, 6) is 1.34. The van der Waals surface area contributed by atoms with E-state index in [1.807, 2.05) is 14.0 Å². The van der Waals surface area contributed by atoms with Gasteiger partial charge in [-0.2, -0.15) is 5.10 Å². The molecule has 0 radical (unpaired) electrons. The highest BCUT2D eigenvalue weighted by atomic mass is 16.5. The molecule has 0 aliphatic heterocycles. The van der Waals surface area contributed by atoms with E-state index < -0.39 is 0 Å². The van der Waals surface area contributed by atoms with Crippen molar-refractivity contribution >= 4 is 11.5 Å². The zero-order valence-electron chi connectivity index (χ0n) is 10.7. The lowest BCUT2D eigenvalue weighted by molar-refractivity contribution is 0.171. The summed E-state index contributed by atoms with van der Waals surface area (Å²) in [6.45, 7) is 6.86. The van der Waals surface area contributed by atoms with Gasteiger partial charge in [-0.25, -0.2) is 0 Å². The number of ether oxygens (including phenoxy) is 1. The number of hydrogen-bond donors (Lipinski definition) is 2. The summed E-state index contributed by atoms with van der Waals surface area (Å²) in [5.41, 5.74) is 7.53. The first-order chi connectivity index (χ1) is 7.47. The molecule has 0 fully saturated rings. The summed E-state index contributed by atoms with van der Waals surface area (Å²) in [6.07, 6.45) is 0. The number of aryl methyl sites for hydroxylation is 2. The van der Waals surface area contributed by atoms with Gasteiger partial charge >= 0.3 is 0 Å². The summed E-state index contributed by atoms with van der Waals surface area (Å²) >= 11 is 0. The van der Waals surface area contributed by atoms with Crippen molar-refractivity contribution in [3.63, 3.8) is 0 Å². The Balaban J connectivity index is 2.84. The largest absolute Gasteiger partial charge is 0.394 e. The number of nitrogens with one attached hydrogen (secondary N) is 1. The molecule has 5 nitrogen and oxygen atoms in total. The van der Waals surface area contributed by atoms with Crippen LogP contribution in [-0.4, -0.2) is 29.5 Å². The predicted molar refractivity (Wildman–Crippen MR) is 66.5 cm³/mol. The lowest BCUT2D eigenvalue weighted by Crippen LogP contribution is -2.31. The normalized spacial score (nSPS) is 13.1. The van der Waals surface area contributed by atoms with Crippen molar-refractivity contribution in [1.82, 2.24) is 9.78 Å². The van der Waals surface area contributed by atoms with Crippen molar-refractivity contribution in [3.8, 4) is 0 Å². The first-order valence-corrected chi connectivity index (χ1v) is 5.51. The lowest BCUT2D eigenvalue weighted by atomic mass is 10.1. The third kappa shape index (κ3) is 2.66. The van der Waals surface area contributed by atoms with Crippen LogP contribution in [0.25, 0.3) is 0 Å². The summed E-state index contributed by atoms with van der Waals surface area (Å²) in [4.78, 5) is 0. The minimum absolute atomic E-state index is 0.238. The molecule has 92 valence electrons. The number of nitrogens with zero attached hydrogens (tertiary/aromatic N) is 2. The van der Waals surface area contributed by atoms with E-state index in [2.05, 4.69) is 24.3 Å². The lowest BCUT2D eigenvalue weighted by Gasteiger charge is -2.22. The van der Waals surface area contributed by atoms with Crippen LogP contribution in [0.3, 0.4) is 0 Å². The van der Waals surface area contributed by atoms with Crippen LogP contribution in [-0.2, 0) is 11.8 Å². The Morgan fingerprint density at radius 2 is 2.12 bits per heavy atom. The van der Waals surface area contributed by atoms with Crippen molar-refractivity contribution in [2.45, 2.75) is 26.8 Å². The van der Waals surface area contributed by atoms with E-state index in [0.29, 0.717) is 18.2 Å². The molecule has 1 aromatic rings. The topological polar surface area (TPSA) is 65.1 Å². The molecule has 0 saturated heterocycles. The first kappa shape index (κ1) is 12.8. The van der Waals surface area contributed by atoms with Gasteiger partial charge in [0.15, 0.2) is 0 Å². The van der Waals surface area contributed by atoms with Gasteiger partial charge in [0, 0.05) is 14.2 Å². The Bertz CT molecular complexity index is 346. The highest BCUT2D eigenvalue weighted by Gasteiger charge is 2.17. The third-order valence-electron chi connectivity index (χ3n) is 2.74. The highest BCUT2D eigenvalue weighted by Crippen LogP contribution is 2.23. The Morgan fingerprint density at radius 1 is 1.50 bits per heavy atom. The fraction of sp³-hybridized carbons (Fsp3) is 0.727. The van der Waals surface area contributed by atoms with Gasteiger partial charge in [-0.05, 0) is 12.8 Å². The third-order valence-corrected chi connectivity index (χ3v) is 2.74. The number of nitrogens with two attached hydrogens (primary N) is 1. The van der Waals surface area contributed by atoms with E-state index in [1.165, 1.54) is 0 Å². The first-order valence-electron chi connectivity index (χ1n) is 5.51. The van der Waals surface area contributed by atoms with Crippen LogP contribution in [0.15, 0.2) is 0 Å². The minimum atomic E-state index is 0.238. The summed E-state index contributed by atoms with van der Waals surface area (Å²) in [6, 6.07) is 0.238. The Kier molecular flexibility index (Phi) is 4.18. The van der Waals surface area contributed by atoms with Crippen LogP contribution in [0.1, 0.15) is 19.5 Å². The molecule has 0 aliphatic carbocycles. The van der Waals surface area contributed by atoms with E-state index in [9.17, 15) is 0 Å². The summed E-state index contributed by atoms with van der Waals surface area (Å²) in [7, 11) is 3.59. The minimum Gasteiger partial charge on any atom is -0.394 e. The smallest absolute Gasteiger partial charge is 0.148 e. The van der Waals surface area contributed by atoms with Gasteiger partial charge in [-0.1, -0.05) is 13.8 Å². The number of anilines is 2. The second-order valence-corrected chi connectivity index (χ2v) is 4.42. The fourth-order valence-electron chi connectivity index (χ4n) is 1.60. The van der Waals surface area contributed by atoms with E-state index in [1.54, 1.807) is 11.8 Å². The molecular weight excluding hydrogens is 204 g/mol. The zero-order chi connectivity index (χ0) is 12.3. The molecule has 0 aliphatic rings. The van der Waals surface area contributed by atoms with Crippen molar-refractivity contribution in [3.05, 3.63) is 5.69 Å². The van der Waals surface area contributed by atoms with E-state index in [4.69, 9.17) is 10.5 Å². The van der Waals surface area contributed by atoms with Crippen molar-refractivity contribution in [2.75, 3.05) is 24.8 Å². The van der Waals surface area contributed by atoms with Crippen LogP contribution in [0.2, 0.25) is 0 Å². The molecule has 1 aromatic heterocycles. The molecule has 5 heteroatoms. The van der Waals surface area contributed by atoms with Gasteiger partial charge in [-0.15, -0.1) is 0 Å². The quantitative estimate of drug-likeness (QED) is 0.796. The van der Waals surface area contributed by atoms with Gasteiger partial charge in [0.2, 0.25) is 0 Å². The fourth-order valence-corrected chi connectivity index (χ4v) is 1.60. The number of rotatable bonds is 5. The van der Waals surface area contributed by atoms with Crippen molar-refractivity contribution < 1.29 is 4.74 Å². The molecule has 3 N–H and O–H groups in total. The van der Waals surface area contributed by atoms with E-state index >= 15 is 0 Å². The van der Waals surface area contributed by atoms with Gasteiger partial charge in [0.1, 0.15) is 5.82 Å². The molecule has 1 unspecified atom stereocenters. The maximum absolute atomic E-state index is 5.96.